The molecule has 0 spiro atoms. The van der Waals surface area contributed by atoms with Crippen LogP contribution in [0.3, 0.4) is 0 Å². The molecule has 0 aliphatic heterocycles. The van der Waals surface area contributed by atoms with Crippen molar-refractivity contribution in [2.75, 3.05) is 32.6 Å². The van der Waals surface area contributed by atoms with E-state index in [1.165, 1.54) is 12.7 Å². The van der Waals surface area contributed by atoms with Gasteiger partial charge in [-0.15, -0.1) is 0 Å². The number of carbonyl (C=O) groups excluding carboxylic acids is 1. The number of methoxy groups -OCH3 is 1. The molecule has 122 valence electrons. The lowest BCUT2D eigenvalue weighted by atomic mass is 10.1. The van der Waals surface area contributed by atoms with Crippen LogP contribution in [0.15, 0.2) is 42.5 Å². The summed E-state index contributed by atoms with van der Waals surface area (Å²) in [4.78, 5) is 14.3. The summed E-state index contributed by atoms with van der Waals surface area (Å²) in [7, 11) is 5.55. The molecular weight excluding hydrogens is 312 g/mol. The second-order valence-electron chi connectivity index (χ2n) is 5.41. The van der Waals surface area contributed by atoms with Crippen LogP contribution in [-0.4, -0.2) is 33.7 Å². The normalized spacial score (nSPS) is 10.3. The highest BCUT2D eigenvalue weighted by molar-refractivity contribution is 6.31. The Morgan fingerprint density at radius 3 is 2.48 bits per heavy atom. The monoisotopic (exact) mass is 332 g/mol. The van der Waals surface area contributed by atoms with Crippen molar-refractivity contribution >= 4 is 23.2 Å². The van der Waals surface area contributed by atoms with Gasteiger partial charge in [0.15, 0.2) is 0 Å². The molecule has 2 rings (SSSR count). The highest BCUT2D eigenvalue weighted by Gasteiger charge is 2.12. The third-order valence-corrected chi connectivity index (χ3v) is 3.79. The van der Waals surface area contributed by atoms with Crippen LogP contribution in [-0.2, 0) is 6.42 Å². The van der Waals surface area contributed by atoms with Gasteiger partial charge in [-0.1, -0.05) is 23.7 Å². The van der Waals surface area contributed by atoms with Gasteiger partial charge in [0.2, 0.25) is 0 Å². The maximum atomic E-state index is 12.3. The molecule has 0 saturated carbocycles. The minimum absolute atomic E-state index is 0.186. The van der Waals surface area contributed by atoms with Crippen LogP contribution < -0.4 is 15.0 Å². The molecule has 1 N–H and O–H groups in total. The molecule has 0 radical (unpaired) electrons. The van der Waals surface area contributed by atoms with Gasteiger partial charge in [0.05, 0.1) is 12.7 Å². The summed E-state index contributed by atoms with van der Waals surface area (Å²) in [6.45, 7) is 0.551. The Kier molecular flexibility index (Phi) is 5.88. The van der Waals surface area contributed by atoms with Crippen LogP contribution in [0.4, 0.5) is 5.69 Å². The Morgan fingerprint density at radius 1 is 1.17 bits per heavy atom. The van der Waals surface area contributed by atoms with Gasteiger partial charge in [0.1, 0.15) is 5.75 Å². The first-order chi connectivity index (χ1) is 11.0. The number of nitrogens with one attached hydrogen (secondary N) is 1. The minimum Gasteiger partial charge on any atom is -0.496 e. The summed E-state index contributed by atoms with van der Waals surface area (Å²) in [6.07, 6.45) is 0.766. The van der Waals surface area contributed by atoms with Crippen LogP contribution in [0.1, 0.15) is 15.9 Å². The zero-order valence-electron chi connectivity index (χ0n) is 13.6. The van der Waals surface area contributed by atoms with Crippen molar-refractivity contribution in [3.8, 4) is 5.75 Å². The average Bonchev–Trinajstić information content (AvgIpc) is 2.55. The minimum atomic E-state index is -0.186. The third-order valence-electron chi connectivity index (χ3n) is 3.56. The van der Waals surface area contributed by atoms with E-state index in [1.54, 1.807) is 18.2 Å². The molecule has 0 fully saturated rings. The number of benzene rings is 2. The van der Waals surface area contributed by atoms with Crippen LogP contribution >= 0.6 is 11.6 Å². The number of ether oxygens (including phenoxy) is 1. The highest BCUT2D eigenvalue weighted by atomic mass is 35.5. The molecular formula is C18H21ClN2O2. The van der Waals surface area contributed by atoms with E-state index in [-0.39, 0.29) is 5.91 Å². The van der Waals surface area contributed by atoms with Crippen molar-refractivity contribution in [2.45, 2.75) is 6.42 Å². The number of carbonyl (C=O) groups is 1. The molecule has 0 unspecified atom stereocenters. The van der Waals surface area contributed by atoms with Gasteiger partial charge < -0.3 is 15.0 Å². The molecule has 0 heterocycles. The predicted octanol–water partition coefficient (Wildman–Crippen LogP) is 3.39. The number of hydrogen-bond acceptors (Lipinski definition) is 3. The molecule has 0 aromatic heterocycles. The Bertz CT molecular complexity index is 669. The first kappa shape index (κ1) is 17.2. The van der Waals surface area contributed by atoms with Crippen molar-refractivity contribution in [3.63, 3.8) is 0 Å². The maximum Gasteiger partial charge on any atom is 0.255 e. The molecule has 4 nitrogen and oxygen atoms in total. The molecule has 2 aromatic rings. The predicted molar refractivity (Wildman–Crippen MR) is 94.8 cm³/mol. The van der Waals surface area contributed by atoms with Crippen molar-refractivity contribution in [1.29, 1.82) is 0 Å². The van der Waals surface area contributed by atoms with Crippen molar-refractivity contribution in [1.82, 2.24) is 5.32 Å². The molecule has 5 heteroatoms. The van der Waals surface area contributed by atoms with E-state index in [4.69, 9.17) is 16.3 Å². The molecule has 0 bridgehead atoms. The average molecular weight is 333 g/mol. The highest BCUT2D eigenvalue weighted by Crippen LogP contribution is 2.22. The van der Waals surface area contributed by atoms with E-state index in [9.17, 15) is 4.79 Å². The lowest BCUT2D eigenvalue weighted by Crippen LogP contribution is -2.26. The first-order valence-electron chi connectivity index (χ1n) is 7.39. The molecule has 0 aliphatic rings. The smallest absolute Gasteiger partial charge is 0.255 e. The molecule has 0 aliphatic carbocycles. The largest absolute Gasteiger partial charge is 0.496 e. The van der Waals surface area contributed by atoms with E-state index in [1.807, 2.05) is 14.1 Å². The number of hydrogen-bond donors (Lipinski definition) is 1. The Labute approximate surface area is 142 Å². The molecule has 0 saturated heterocycles. The number of amides is 1. The lowest BCUT2D eigenvalue weighted by Gasteiger charge is -2.13. The number of rotatable bonds is 6. The van der Waals surface area contributed by atoms with Crippen LogP contribution in [0, 0.1) is 0 Å². The van der Waals surface area contributed by atoms with Gasteiger partial charge in [-0.2, -0.15) is 0 Å². The Balaban J connectivity index is 1.93. The lowest BCUT2D eigenvalue weighted by molar-refractivity contribution is 0.0951. The molecule has 0 atom stereocenters. The van der Waals surface area contributed by atoms with Crippen LogP contribution in [0.25, 0.3) is 0 Å². The van der Waals surface area contributed by atoms with Gasteiger partial charge in [-0.05, 0) is 42.3 Å². The topological polar surface area (TPSA) is 41.6 Å². The fourth-order valence-corrected chi connectivity index (χ4v) is 2.41. The van der Waals surface area contributed by atoms with E-state index >= 15 is 0 Å². The number of halogens is 1. The zero-order chi connectivity index (χ0) is 16.8. The number of anilines is 1. The summed E-state index contributed by atoms with van der Waals surface area (Å²) >= 11 is 5.95. The van der Waals surface area contributed by atoms with Gasteiger partial charge in [0, 0.05) is 31.4 Å². The third kappa shape index (κ3) is 4.63. The summed E-state index contributed by atoms with van der Waals surface area (Å²) < 4.78 is 5.20. The van der Waals surface area contributed by atoms with Gasteiger partial charge in [-0.3, -0.25) is 4.79 Å². The van der Waals surface area contributed by atoms with Crippen LogP contribution in [0.2, 0.25) is 5.02 Å². The number of nitrogens with zero attached hydrogens (tertiary/aromatic N) is 1. The van der Waals surface area contributed by atoms with Crippen LogP contribution in [0.5, 0.6) is 5.75 Å². The van der Waals surface area contributed by atoms with Gasteiger partial charge >= 0.3 is 0 Å². The second-order valence-corrected chi connectivity index (χ2v) is 5.85. The fourth-order valence-electron chi connectivity index (χ4n) is 2.23. The van der Waals surface area contributed by atoms with Crippen molar-refractivity contribution < 1.29 is 9.53 Å². The Morgan fingerprint density at radius 2 is 1.87 bits per heavy atom. The molecule has 2 aromatic carbocycles. The summed E-state index contributed by atoms with van der Waals surface area (Å²) in [5, 5.41) is 3.41. The zero-order valence-corrected chi connectivity index (χ0v) is 14.4. The van der Waals surface area contributed by atoms with Gasteiger partial charge in [0.25, 0.3) is 5.91 Å². The maximum absolute atomic E-state index is 12.3. The van der Waals surface area contributed by atoms with Gasteiger partial charge in [-0.25, -0.2) is 0 Å². The summed E-state index contributed by atoms with van der Waals surface area (Å²) in [5.41, 5.74) is 2.78. The van der Waals surface area contributed by atoms with E-state index < -0.39 is 0 Å². The summed E-state index contributed by atoms with van der Waals surface area (Å²) in [6, 6.07) is 13.3. The summed E-state index contributed by atoms with van der Waals surface area (Å²) in [5.74, 6) is 0.330. The quantitative estimate of drug-likeness (QED) is 0.881. The molecule has 23 heavy (non-hydrogen) atoms. The van der Waals surface area contributed by atoms with Crippen molar-refractivity contribution in [3.05, 3.63) is 58.6 Å². The van der Waals surface area contributed by atoms with E-state index in [2.05, 4.69) is 34.5 Å². The van der Waals surface area contributed by atoms with E-state index in [0.29, 0.717) is 22.9 Å². The second kappa shape index (κ2) is 7.88. The SMILES string of the molecule is COc1ccc(Cl)cc1C(=O)NCCc1ccc(N(C)C)cc1. The standard InChI is InChI=1S/C18H21ClN2O2/c1-21(2)15-7-4-13(5-8-15)10-11-20-18(22)16-12-14(19)6-9-17(16)23-3/h4-9,12H,10-11H2,1-3H3,(H,20,22). The molecule has 1 amide bonds. The first-order valence-corrected chi connectivity index (χ1v) is 7.77. The van der Waals surface area contributed by atoms with E-state index in [0.717, 1.165) is 12.1 Å². The Hall–Kier alpha value is -2.20. The fraction of sp³-hybridized carbons (Fsp3) is 0.278. The van der Waals surface area contributed by atoms with Crippen molar-refractivity contribution in [2.24, 2.45) is 0 Å².